The van der Waals surface area contributed by atoms with Crippen LogP contribution in [0.25, 0.3) is 66.2 Å². The molecule has 0 fully saturated rings. The number of fused-ring (bicyclic) bond motifs is 7. The molecule has 0 radical (unpaired) electrons. The second-order valence-corrected chi connectivity index (χ2v) is 16.4. The molecule has 6 heteroatoms. The highest BCUT2D eigenvalue weighted by molar-refractivity contribution is 6.13. The maximum absolute atomic E-state index is 8.17. The predicted molar refractivity (Wildman–Crippen MR) is 245 cm³/mol. The van der Waals surface area contributed by atoms with Gasteiger partial charge >= 0.3 is 0 Å². The summed E-state index contributed by atoms with van der Waals surface area (Å²) in [5.74, 6) is 2.16. The number of anilines is 3. The summed E-state index contributed by atoms with van der Waals surface area (Å²) in [6.45, 7) is 4.60. The third kappa shape index (κ3) is 5.82. The first-order valence-corrected chi connectivity index (χ1v) is 20.1. The van der Waals surface area contributed by atoms with Gasteiger partial charge < -0.3 is 19.1 Å². The molecule has 0 bridgehead atoms. The van der Waals surface area contributed by atoms with Crippen LogP contribution < -0.4 is 14.5 Å². The van der Waals surface area contributed by atoms with Crippen molar-refractivity contribution in [3.63, 3.8) is 0 Å². The number of nitrogens with zero attached hydrogens (tertiary/aromatic N) is 5. The number of hydrogen-bond donors (Lipinski definition) is 0. The Morgan fingerprint density at radius 2 is 1.19 bits per heavy atom. The van der Waals surface area contributed by atoms with E-state index in [1.807, 2.05) is 65.7 Å². The number of aromatic nitrogens is 3. The monoisotopic (exact) mass is 768 g/mol. The van der Waals surface area contributed by atoms with Gasteiger partial charge in [-0.1, -0.05) is 87.5 Å². The van der Waals surface area contributed by atoms with E-state index < -0.39 is 6.98 Å². The summed E-state index contributed by atoms with van der Waals surface area (Å²) in [6, 6.07) is 58.7. The Labute approximate surface area is 348 Å². The lowest BCUT2D eigenvalue weighted by molar-refractivity contribution is 0.483. The van der Waals surface area contributed by atoms with Crippen LogP contribution in [0, 0.1) is 0 Å². The third-order valence-electron chi connectivity index (χ3n) is 11.7. The Morgan fingerprint density at radius 1 is 0.525 bits per heavy atom. The normalized spacial score (nSPS) is 13.9. The summed E-state index contributed by atoms with van der Waals surface area (Å²) in [4.78, 5) is 8.42. The van der Waals surface area contributed by atoms with Gasteiger partial charge in [-0.3, -0.25) is 4.57 Å². The number of rotatable bonds is 6. The molecule has 10 aromatic rings. The molecular formula is C53H43N5O. The van der Waals surface area contributed by atoms with Crippen LogP contribution >= 0.6 is 0 Å². The van der Waals surface area contributed by atoms with E-state index in [1.54, 1.807) is 0 Å². The Hall–Kier alpha value is -7.31. The molecule has 3 aromatic heterocycles. The number of pyridine rings is 1. The van der Waals surface area contributed by atoms with Gasteiger partial charge in [-0.05, 0) is 113 Å². The number of benzene rings is 7. The molecule has 0 saturated carbocycles. The van der Waals surface area contributed by atoms with Crippen molar-refractivity contribution < 1.29 is 8.85 Å². The Balaban J connectivity index is 1.02. The highest BCUT2D eigenvalue weighted by Crippen LogP contribution is 2.42. The van der Waals surface area contributed by atoms with Crippen LogP contribution in [-0.4, -0.2) is 27.8 Å². The van der Waals surface area contributed by atoms with E-state index in [9.17, 15) is 0 Å². The summed E-state index contributed by atoms with van der Waals surface area (Å²) in [5, 5.41) is 4.64. The van der Waals surface area contributed by atoms with Crippen LogP contribution in [-0.2, 0) is 5.41 Å². The molecule has 6 nitrogen and oxygen atoms in total. The maximum atomic E-state index is 8.17. The van der Waals surface area contributed by atoms with Crippen molar-refractivity contribution in [2.45, 2.75) is 26.2 Å². The third-order valence-corrected chi connectivity index (χ3v) is 11.7. The smallest absolute Gasteiger partial charge is 0.137 e. The van der Waals surface area contributed by atoms with Gasteiger partial charge in [-0.2, -0.15) is 0 Å². The Kier molecular flexibility index (Phi) is 7.20. The standard InChI is InChI=1S/C53H43N5O/c1-53(2,3)37-27-28-54-52(31-37)58-48-26-22-36(35-21-25-47-44(29-35)42-17-8-9-18-46(42)57(47)38-13-6-5-7-14-38)30-45(48)43-24-23-41(33-51(43)58)59-40-16-12-15-39(32-40)56-34-55(4)49-19-10-11-20-50(49)56/h5-33H,34H2,1-4H3/i4D3. The molecule has 7 aromatic carbocycles. The van der Waals surface area contributed by atoms with E-state index in [4.69, 9.17) is 13.8 Å². The number of hydrogen-bond acceptors (Lipinski definition) is 4. The molecule has 286 valence electrons. The SMILES string of the molecule is [2H]C([2H])([2H])N1CN(c2cccc(Oc3ccc4c5cc(-c6ccc7c(c6)c6ccccc6n7-c6ccccc6)ccc5n(-c5cc(C(C)(C)C)ccn5)c4c3)c2)c2ccccc21. The van der Waals surface area contributed by atoms with Crippen molar-refractivity contribution in [2.75, 3.05) is 23.4 Å². The maximum Gasteiger partial charge on any atom is 0.137 e. The first-order valence-electron chi connectivity index (χ1n) is 21.6. The van der Waals surface area contributed by atoms with Crippen molar-refractivity contribution in [2.24, 2.45) is 0 Å². The fourth-order valence-electron chi connectivity index (χ4n) is 8.79. The highest BCUT2D eigenvalue weighted by atomic mass is 16.5. The molecule has 1 aliphatic rings. The predicted octanol–water partition coefficient (Wildman–Crippen LogP) is 13.6. The quantitative estimate of drug-likeness (QED) is 0.169. The zero-order chi connectivity index (χ0) is 42.3. The van der Waals surface area contributed by atoms with Gasteiger partial charge in [-0.15, -0.1) is 0 Å². The number of para-hydroxylation sites is 4. The second-order valence-electron chi connectivity index (χ2n) is 16.4. The van der Waals surface area contributed by atoms with Crippen LogP contribution in [0.1, 0.15) is 30.4 Å². The molecule has 0 atom stereocenters. The van der Waals surface area contributed by atoms with Crippen molar-refractivity contribution in [1.82, 2.24) is 14.1 Å². The summed E-state index contributed by atoms with van der Waals surface area (Å²) in [6.07, 6.45) is 1.90. The van der Waals surface area contributed by atoms with E-state index >= 15 is 0 Å². The minimum absolute atomic E-state index is 0.0679. The molecule has 1 aliphatic heterocycles. The molecule has 0 unspecified atom stereocenters. The lowest BCUT2D eigenvalue weighted by atomic mass is 9.88. The van der Waals surface area contributed by atoms with E-state index in [0.29, 0.717) is 17.2 Å². The molecule has 11 rings (SSSR count). The largest absolute Gasteiger partial charge is 0.457 e. The van der Waals surface area contributed by atoms with Gasteiger partial charge in [0.2, 0.25) is 0 Å². The van der Waals surface area contributed by atoms with Crippen molar-refractivity contribution in [3.8, 4) is 34.1 Å². The molecule has 0 amide bonds. The van der Waals surface area contributed by atoms with Crippen LogP contribution in [0.5, 0.6) is 11.5 Å². The molecular weight excluding hydrogens is 723 g/mol. The second kappa shape index (κ2) is 13.4. The van der Waals surface area contributed by atoms with E-state index in [2.05, 4.69) is 145 Å². The first-order chi connectivity index (χ1) is 30.0. The molecule has 0 aliphatic carbocycles. The first kappa shape index (κ1) is 31.7. The fraction of sp³-hybridized carbons (Fsp3) is 0.113. The summed E-state index contributed by atoms with van der Waals surface area (Å²) in [5.41, 5.74) is 11.3. The lowest BCUT2D eigenvalue weighted by Gasteiger charge is -2.20. The zero-order valence-corrected chi connectivity index (χ0v) is 33.1. The minimum Gasteiger partial charge on any atom is -0.457 e. The summed E-state index contributed by atoms with van der Waals surface area (Å²) < 4.78 is 35.8. The number of ether oxygens (including phenoxy) is 1. The fourth-order valence-corrected chi connectivity index (χ4v) is 8.79. The lowest BCUT2D eigenvalue weighted by Crippen LogP contribution is -2.23. The van der Waals surface area contributed by atoms with Gasteiger partial charge in [0.15, 0.2) is 0 Å². The molecule has 4 heterocycles. The average molecular weight is 769 g/mol. The summed E-state index contributed by atoms with van der Waals surface area (Å²) >= 11 is 0. The van der Waals surface area contributed by atoms with Crippen molar-refractivity contribution in [3.05, 3.63) is 182 Å². The van der Waals surface area contributed by atoms with Gasteiger partial charge in [0, 0.05) is 62.3 Å². The van der Waals surface area contributed by atoms with Crippen LogP contribution in [0.3, 0.4) is 0 Å². The van der Waals surface area contributed by atoms with Crippen molar-refractivity contribution >= 4 is 60.7 Å². The van der Waals surface area contributed by atoms with Crippen molar-refractivity contribution in [1.29, 1.82) is 0 Å². The van der Waals surface area contributed by atoms with E-state index in [-0.39, 0.29) is 12.1 Å². The highest BCUT2D eigenvalue weighted by Gasteiger charge is 2.25. The molecule has 59 heavy (non-hydrogen) atoms. The van der Waals surface area contributed by atoms with Gasteiger partial charge in [0.25, 0.3) is 0 Å². The Bertz CT molecular complexity index is 3360. The van der Waals surface area contributed by atoms with Crippen LogP contribution in [0.4, 0.5) is 17.1 Å². The molecule has 0 spiro atoms. The van der Waals surface area contributed by atoms with E-state index in [1.165, 1.54) is 32.3 Å². The topological polar surface area (TPSA) is 38.5 Å². The molecule has 0 saturated heterocycles. The van der Waals surface area contributed by atoms with Gasteiger partial charge in [0.05, 0.1) is 40.1 Å². The zero-order valence-electron chi connectivity index (χ0n) is 36.1. The average Bonchev–Trinajstić information content (AvgIpc) is 3.94. The molecule has 0 N–H and O–H groups in total. The minimum atomic E-state index is -2.27. The summed E-state index contributed by atoms with van der Waals surface area (Å²) in [7, 11) is 0. The Morgan fingerprint density at radius 3 is 1.97 bits per heavy atom. The van der Waals surface area contributed by atoms with E-state index in [0.717, 1.165) is 55.8 Å². The van der Waals surface area contributed by atoms with Gasteiger partial charge in [0.1, 0.15) is 17.3 Å². The van der Waals surface area contributed by atoms with Gasteiger partial charge in [-0.25, -0.2) is 4.98 Å². The van der Waals surface area contributed by atoms with Crippen LogP contribution in [0.2, 0.25) is 0 Å². The van der Waals surface area contributed by atoms with Crippen LogP contribution in [0.15, 0.2) is 176 Å².